The standard InChI is InChI=1S/C19H16ClNO5/c1-2-25-19(24)16(11-12-6-5-7-13(20)10-12)26-21-17(22)14-8-3-4-9-15(14)18(21)23/h3-10,16H,2,11H2,1H3. The van der Waals surface area contributed by atoms with Gasteiger partial charge in [-0.2, -0.15) is 0 Å². The van der Waals surface area contributed by atoms with Gasteiger partial charge in [-0.05, 0) is 36.8 Å². The van der Waals surface area contributed by atoms with Crippen LogP contribution in [0.2, 0.25) is 5.02 Å². The van der Waals surface area contributed by atoms with E-state index in [0.717, 1.165) is 0 Å². The zero-order valence-corrected chi connectivity index (χ0v) is 14.7. The van der Waals surface area contributed by atoms with Gasteiger partial charge in [-0.1, -0.05) is 35.9 Å². The Labute approximate surface area is 155 Å². The van der Waals surface area contributed by atoms with Gasteiger partial charge < -0.3 is 4.74 Å². The van der Waals surface area contributed by atoms with Gasteiger partial charge in [-0.15, -0.1) is 5.06 Å². The van der Waals surface area contributed by atoms with Crippen LogP contribution in [0.25, 0.3) is 0 Å². The van der Waals surface area contributed by atoms with Crippen LogP contribution in [0.15, 0.2) is 48.5 Å². The van der Waals surface area contributed by atoms with Crippen molar-refractivity contribution >= 4 is 29.4 Å². The average Bonchev–Trinajstić information content (AvgIpc) is 2.86. The van der Waals surface area contributed by atoms with Gasteiger partial charge in [0.2, 0.25) is 0 Å². The monoisotopic (exact) mass is 373 g/mol. The van der Waals surface area contributed by atoms with E-state index in [1.165, 1.54) is 12.1 Å². The summed E-state index contributed by atoms with van der Waals surface area (Å²) in [5.74, 6) is -1.87. The zero-order chi connectivity index (χ0) is 18.7. The molecule has 0 spiro atoms. The molecule has 7 heteroatoms. The van der Waals surface area contributed by atoms with E-state index in [1.807, 2.05) is 0 Å². The second kappa shape index (κ2) is 7.68. The molecule has 2 aromatic carbocycles. The molecule has 6 nitrogen and oxygen atoms in total. The average molecular weight is 374 g/mol. The highest BCUT2D eigenvalue weighted by atomic mass is 35.5. The number of carbonyl (C=O) groups is 3. The van der Waals surface area contributed by atoms with Crippen LogP contribution in [0.5, 0.6) is 0 Å². The topological polar surface area (TPSA) is 72.9 Å². The van der Waals surface area contributed by atoms with Crippen LogP contribution in [0, 0.1) is 0 Å². The minimum absolute atomic E-state index is 0.104. The Bertz CT molecular complexity index is 832. The van der Waals surface area contributed by atoms with Crippen LogP contribution >= 0.6 is 11.6 Å². The smallest absolute Gasteiger partial charge is 0.338 e. The maximum atomic E-state index is 12.4. The van der Waals surface area contributed by atoms with Crippen LogP contribution in [-0.2, 0) is 20.8 Å². The summed E-state index contributed by atoms with van der Waals surface area (Å²) in [5, 5.41) is 1.13. The van der Waals surface area contributed by atoms with Crippen molar-refractivity contribution in [3.63, 3.8) is 0 Å². The number of carbonyl (C=O) groups excluding carboxylic acids is 3. The molecule has 3 rings (SSSR count). The fraction of sp³-hybridized carbons (Fsp3) is 0.211. The van der Waals surface area contributed by atoms with Crippen molar-refractivity contribution in [1.82, 2.24) is 5.06 Å². The Morgan fingerprint density at radius 3 is 2.31 bits per heavy atom. The molecule has 0 saturated heterocycles. The normalized spacial score (nSPS) is 14.3. The molecule has 1 atom stereocenters. The van der Waals surface area contributed by atoms with Crippen LogP contribution < -0.4 is 0 Å². The van der Waals surface area contributed by atoms with Crippen LogP contribution in [-0.4, -0.2) is 35.6 Å². The number of halogens is 1. The SMILES string of the molecule is CCOC(=O)C(Cc1cccc(Cl)c1)ON1C(=O)c2ccccc2C1=O. The first-order valence-corrected chi connectivity index (χ1v) is 8.44. The summed E-state index contributed by atoms with van der Waals surface area (Å²) in [4.78, 5) is 42.6. The fourth-order valence-corrected chi connectivity index (χ4v) is 2.88. The molecule has 26 heavy (non-hydrogen) atoms. The number of hydroxylamine groups is 2. The predicted molar refractivity (Wildman–Crippen MR) is 93.6 cm³/mol. The molecule has 0 aliphatic carbocycles. The Morgan fingerprint density at radius 2 is 1.73 bits per heavy atom. The molecule has 1 unspecified atom stereocenters. The van der Waals surface area contributed by atoms with Crippen molar-refractivity contribution in [2.24, 2.45) is 0 Å². The Balaban J connectivity index is 1.83. The second-order valence-corrected chi connectivity index (χ2v) is 6.07. The largest absolute Gasteiger partial charge is 0.464 e. The van der Waals surface area contributed by atoms with Gasteiger partial charge in [-0.25, -0.2) is 9.63 Å². The Kier molecular flexibility index (Phi) is 5.35. The lowest BCUT2D eigenvalue weighted by molar-refractivity contribution is -0.179. The highest BCUT2D eigenvalue weighted by molar-refractivity contribution is 6.30. The first-order valence-electron chi connectivity index (χ1n) is 8.07. The van der Waals surface area contributed by atoms with E-state index >= 15 is 0 Å². The summed E-state index contributed by atoms with van der Waals surface area (Å²) in [6, 6.07) is 13.3. The van der Waals surface area contributed by atoms with Gasteiger partial charge in [0.25, 0.3) is 11.8 Å². The maximum absolute atomic E-state index is 12.4. The van der Waals surface area contributed by atoms with E-state index in [9.17, 15) is 14.4 Å². The molecular weight excluding hydrogens is 358 g/mol. The van der Waals surface area contributed by atoms with E-state index in [-0.39, 0.29) is 24.2 Å². The molecule has 134 valence electrons. The summed E-state index contributed by atoms with van der Waals surface area (Å²) < 4.78 is 5.02. The number of imide groups is 1. The highest BCUT2D eigenvalue weighted by Gasteiger charge is 2.39. The summed E-state index contributed by atoms with van der Waals surface area (Å²) in [6.07, 6.45) is -1.05. The van der Waals surface area contributed by atoms with Crippen LogP contribution in [0.4, 0.5) is 0 Å². The van der Waals surface area contributed by atoms with E-state index in [2.05, 4.69) is 0 Å². The van der Waals surface area contributed by atoms with Crippen molar-refractivity contribution in [3.8, 4) is 0 Å². The number of rotatable bonds is 6. The molecule has 0 aromatic heterocycles. The number of fused-ring (bicyclic) bond motifs is 1. The number of amides is 2. The summed E-state index contributed by atoms with van der Waals surface area (Å²) in [5.41, 5.74) is 1.19. The third-order valence-electron chi connectivity index (χ3n) is 3.85. The summed E-state index contributed by atoms with van der Waals surface area (Å²) in [7, 11) is 0. The van der Waals surface area contributed by atoms with Gasteiger partial charge in [0.15, 0.2) is 6.10 Å². The molecule has 0 bridgehead atoms. The molecule has 0 radical (unpaired) electrons. The van der Waals surface area contributed by atoms with Gasteiger partial charge in [-0.3, -0.25) is 9.59 Å². The molecule has 1 aliphatic heterocycles. The van der Waals surface area contributed by atoms with E-state index in [0.29, 0.717) is 15.6 Å². The third kappa shape index (κ3) is 3.61. The van der Waals surface area contributed by atoms with Crippen molar-refractivity contribution < 1.29 is 24.0 Å². The lowest BCUT2D eigenvalue weighted by Gasteiger charge is -2.21. The number of hydrogen-bond donors (Lipinski definition) is 0. The van der Waals surface area contributed by atoms with E-state index < -0.39 is 23.9 Å². The first kappa shape index (κ1) is 18.1. The minimum atomic E-state index is -1.16. The molecule has 0 N–H and O–H groups in total. The maximum Gasteiger partial charge on any atom is 0.338 e. The summed E-state index contributed by atoms with van der Waals surface area (Å²) >= 11 is 5.97. The second-order valence-electron chi connectivity index (χ2n) is 5.63. The Morgan fingerprint density at radius 1 is 1.08 bits per heavy atom. The number of benzene rings is 2. The predicted octanol–water partition coefficient (Wildman–Crippen LogP) is 3.04. The van der Waals surface area contributed by atoms with Crippen molar-refractivity contribution in [2.45, 2.75) is 19.4 Å². The van der Waals surface area contributed by atoms with E-state index in [1.54, 1.807) is 43.3 Å². The molecular formula is C19H16ClNO5. The van der Waals surface area contributed by atoms with Crippen molar-refractivity contribution in [1.29, 1.82) is 0 Å². The molecule has 1 aliphatic rings. The van der Waals surface area contributed by atoms with Gasteiger partial charge in [0.05, 0.1) is 17.7 Å². The van der Waals surface area contributed by atoms with Gasteiger partial charge >= 0.3 is 5.97 Å². The quantitative estimate of drug-likeness (QED) is 0.574. The molecule has 2 amide bonds. The molecule has 0 saturated carbocycles. The molecule has 1 heterocycles. The number of nitrogens with zero attached hydrogens (tertiary/aromatic N) is 1. The molecule has 2 aromatic rings. The van der Waals surface area contributed by atoms with Crippen molar-refractivity contribution in [3.05, 3.63) is 70.2 Å². The number of hydrogen-bond acceptors (Lipinski definition) is 5. The summed E-state index contributed by atoms with van der Waals surface area (Å²) in [6.45, 7) is 1.81. The number of ether oxygens (including phenoxy) is 1. The van der Waals surface area contributed by atoms with Gasteiger partial charge in [0, 0.05) is 11.4 Å². The molecule has 0 fully saturated rings. The van der Waals surface area contributed by atoms with E-state index in [4.69, 9.17) is 21.2 Å². The lowest BCUT2D eigenvalue weighted by Crippen LogP contribution is -2.40. The van der Waals surface area contributed by atoms with Crippen LogP contribution in [0.3, 0.4) is 0 Å². The Hall–Kier alpha value is -2.70. The minimum Gasteiger partial charge on any atom is -0.464 e. The highest BCUT2D eigenvalue weighted by Crippen LogP contribution is 2.24. The third-order valence-corrected chi connectivity index (χ3v) is 4.08. The first-order chi connectivity index (χ1) is 12.5. The zero-order valence-electron chi connectivity index (χ0n) is 14.0. The van der Waals surface area contributed by atoms with Crippen molar-refractivity contribution in [2.75, 3.05) is 6.61 Å². The lowest BCUT2D eigenvalue weighted by atomic mass is 10.1. The van der Waals surface area contributed by atoms with Gasteiger partial charge in [0.1, 0.15) is 0 Å². The number of esters is 1. The fourth-order valence-electron chi connectivity index (χ4n) is 2.67. The van der Waals surface area contributed by atoms with Crippen LogP contribution in [0.1, 0.15) is 33.2 Å².